The average Bonchev–Trinajstić information content (AvgIpc) is 3.49. The maximum Gasteiger partial charge on any atom is 0.187 e. The molecule has 6 aliphatic rings. The maximum absolute atomic E-state index is 12.3. The molecule has 4 aliphatic carbocycles. The van der Waals surface area contributed by atoms with Crippen LogP contribution in [0.5, 0.6) is 0 Å². The molecule has 0 radical (unpaired) electrons. The Kier molecular flexibility index (Phi) is 12.2. The van der Waals surface area contributed by atoms with E-state index in [1.54, 1.807) is 0 Å². The molecule has 55 heavy (non-hydrogen) atoms. The molecular weight excluding hydrogens is 712 g/mol. The van der Waals surface area contributed by atoms with Gasteiger partial charge in [0.15, 0.2) is 12.6 Å². The summed E-state index contributed by atoms with van der Waals surface area (Å²) in [4.78, 5) is 0. The van der Waals surface area contributed by atoms with E-state index >= 15 is 0 Å². The Morgan fingerprint density at radius 3 is 2.13 bits per heavy atom. The van der Waals surface area contributed by atoms with Gasteiger partial charge in [0, 0.05) is 0 Å². The highest BCUT2D eigenvalue weighted by Crippen LogP contribution is 2.76. The highest BCUT2D eigenvalue weighted by molar-refractivity contribution is 5.22. The Hall–Kier alpha value is -0.780. The number of aliphatic hydroxyl groups is 9. The number of hydrogen-bond acceptors (Lipinski definition) is 13. The van der Waals surface area contributed by atoms with Crippen LogP contribution in [-0.4, -0.2) is 138 Å². The summed E-state index contributed by atoms with van der Waals surface area (Å²) >= 11 is 0. The Bertz CT molecular complexity index is 1390. The Morgan fingerprint density at radius 2 is 1.49 bits per heavy atom. The lowest BCUT2D eigenvalue weighted by Gasteiger charge is -2.72. The summed E-state index contributed by atoms with van der Waals surface area (Å²) in [6.07, 6.45) is -8.99. The lowest BCUT2D eigenvalue weighted by molar-refractivity contribution is -0.382. The van der Waals surface area contributed by atoms with Crippen LogP contribution in [0.15, 0.2) is 11.6 Å². The van der Waals surface area contributed by atoms with Crippen molar-refractivity contribution >= 4 is 0 Å². The standard InChI is InChI=1S/C42H72O13/c1-20(2)11-10-14-42(9,51)22-12-16-40(7)28(22)23(44)17-26-39(6)15-13-27(45)38(4,5)35(39)24(18-41(26,40)8)53-37-34(32(49)30(47)25(19-43)54-37)55-36-33(50)31(48)29(46)21(3)52-36/h11,21-37,43-51H,10,12-19H2,1-9H3/t21-,22+,23-,24+,25+,26+,27+,28-,29-,30+,31+,32-,33+,34+,35+,36-,37+,39+,40-,41+,42+/m0/s1. The minimum Gasteiger partial charge on any atom is -0.394 e. The lowest BCUT2D eigenvalue weighted by Crippen LogP contribution is -2.71. The molecule has 0 aromatic heterocycles. The van der Waals surface area contributed by atoms with Crippen molar-refractivity contribution in [2.75, 3.05) is 6.61 Å². The van der Waals surface area contributed by atoms with E-state index < -0.39 is 114 Å². The van der Waals surface area contributed by atoms with Crippen LogP contribution in [0.25, 0.3) is 0 Å². The molecule has 318 valence electrons. The molecule has 6 fully saturated rings. The van der Waals surface area contributed by atoms with Crippen LogP contribution in [0.4, 0.5) is 0 Å². The quantitative estimate of drug-likeness (QED) is 0.121. The smallest absolute Gasteiger partial charge is 0.187 e. The van der Waals surface area contributed by atoms with Crippen LogP contribution in [-0.2, 0) is 18.9 Å². The summed E-state index contributed by atoms with van der Waals surface area (Å²) in [6, 6.07) is 0. The number of ether oxygens (including phenoxy) is 4. The van der Waals surface area contributed by atoms with E-state index in [1.165, 1.54) is 12.5 Å². The molecule has 0 aromatic rings. The molecule has 2 aliphatic heterocycles. The van der Waals surface area contributed by atoms with Crippen LogP contribution < -0.4 is 0 Å². The monoisotopic (exact) mass is 784 g/mol. The van der Waals surface area contributed by atoms with E-state index in [-0.39, 0.29) is 23.7 Å². The van der Waals surface area contributed by atoms with E-state index in [0.717, 1.165) is 19.3 Å². The summed E-state index contributed by atoms with van der Waals surface area (Å²) in [6.45, 7) is 17.8. The lowest BCUT2D eigenvalue weighted by atomic mass is 9.34. The number of hydrogen-bond donors (Lipinski definition) is 9. The molecule has 0 unspecified atom stereocenters. The van der Waals surface area contributed by atoms with Gasteiger partial charge in [-0.2, -0.15) is 0 Å². The summed E-state index contributed by atoms with van der Waals surface area (Å²) in [5, 5.41) is 100. The van der Waals surface area contributed by atoms with Crippen molar-refractivity contribution in [3.63, 3.8) is 0 Å². The van der Waals surface area contributed by atoms with Gasteiger partial charge in [-0.15, -0.1) is 0 Å². The third-order valence-corrected chi connectivity index (χ3v) is 16.5. The molecule has 6 rings (SSSR count). The van der Waals surface area contributed by atoms with Crippen LogP contribution in [0.2, 0.25) is 0 Å². The largest absolute Gasteiger partial charge is 0.394 e. The predicted octanol–water partition coefficient (Wildman–Crippen LogP) is 2.15. The van der Waals surface area contributed by atoms with Crippen molar-refractivity contribution in [2.24, 2.45) is 45.3 Å². The van der Waals surface area contributed by atoms with Crippen molar-refractivity contribution in [2.45, 2.75) is 199 Å². The summed E-state index contributed by atoms with van der Waals surface area (Å²) in [5.74, 6) is -0.526. The van der Waals surface area contributed by atoms with Crippen molar-refractivity contribution in [3.05, 3.63) is 11.6 Å². The van der Waals surface area contributed by atoms with Gasteiger partial charge < -0.3 is 64.9 Å². The molecule has 13 heteroatoms. The fourth-order valence-corrected chi connectivity index (χ4v) is 13.3. The molecule has 2 saturated heterocycles. The van der Waals surface area contributed by atoms with Gasteiger partial charge in [0.25, 0.3) is 0 Å². The summed E-state index contributed by atoms with van der Waals surface area (Å²) in [7, 11) is 0. The van der Waals surface area contributed by atoms with Gasteiger partial charge in [0.05, 0.1) is 36.6 Å². The first-order chi connectivity index (χ1) is 25.5. The van der Waals surface area contributed by atoms with Crippen LogP contribution >= 0.6 is 0 Å². The van der Waals surface area contributed by atoms with E-state index in [9.17, 15) is 46.0 Å². The zero-order valence-corrected chi connectivity index (χ0v) is 34.4. The molecule has 2 heterocycles. The molecule has 0 bridgehead atoms. The molecule has 0 amide bonds. The van der Waals surface area contributed by atoms with E-state index in [1.807, 2.05) is 20.8 Å². The van der Waals surface area contributed by atoms with Gasteiger partial charge >= 0.3 is 0 Å². The highest BCUT2D eigenvalue weighted by Gasteiger charge is 2.73. The van der Waals surface area contributed by atoms with Gasteiger partial charge in [0.1, 0.15) is 42.7 Å². The molecule has 0 spiro atoms. The van der Waals surface area contributed by atoms with E-state index in [2.05, 4.69) is 40.7 Å². The van der Waals surface area contributed by atoms with Gasteiger partial charge in [0.2, 0.25) is 0 Å². The zero-order valence-electron chi connectivity index (χ0n) is 34.4. The Morgan fingerprint density at radius 1 is 0.818 bits per heavy atom. The predicted molar refractivity (Wildman–Crippen MR) is 201 cm³/mol. The number of fused-ring (bicyclic) bond motifs is 5. The minimum atomic E-state index is -1.70. The van der Waals surface area contributed by atoms with Crippen molar-refractivity contribution in [1.82, 2.24) is 0 Å². The summed E-state index contributed by atoms with van der Waals surface area (Å²) < 4.78 is 25.1. The Labute approximate surface area is 327 Å². The zero-order chi connectivity index (χ0) is 40.8. The second-order valence-corrected chi connectivity index (χ2v) is 20.3. The van der Waals surface area contributed by atoms with Crippen molar-refractivity contribution in [3.8, 4) is 0 Å². The first-order valence-electron chi connectivity index (χ1n) is 20.8. The van der Waals surface area contributed by atoms with Gasteiger partial charge in [-0.05, 0) is 124 Å². The van der Waals surface area contributed by atoms with Crippen molar-refractivity contribution in [1.29, 1.82) is 0 Å². The van der Waals surface area contributed by atoms with Gasteiger partial charge in [-0.25, -0.2) is 0 Å². The van der Waals surface area contributed by atoms with Gasteiger partial charge in [-0.3, -0.25) is 0 Å². The van der Waals surface area contributed by atoms with E-state index in [0.29, 0.717) is 32.1 Å². The second kappa shape index (κ2) is 15.4. The number of aliphatic hydroxyl groups excluding tert-OH is 8. The normalized spacial score (nSPS) is 53.4. The first-order valence-corrected chi connectivity index (χ1v) is 20.8. The molecule has 9 N–H and O–H groups in total. The molecule has 0 aromatic carbocycles. The first kappa shape index (κ1) is 43.8. The third kappa shape index (κ3) is 7.10. The molecule has 21 atom stereocenters. The third-order valence-electron chi connectivity index (χ3n) is 16.5. The maximum atomic E-state index is 12.3. The van der Waals surface area contributed by atoms with Crippen LogP contribution in [0, 0.1) is 45.3 Å². The minimum absolute atomic E-state index is 0.0411. The molecule has 4 saturated carbocycles. The average molecular weight is 785 g/mol. The van der Waals surface area contributed by atoms with Crippen LogP contribution in [0.3, 0.4) is 0 Å². The fraction of sp³-hybridized carbons (Fsp3) is 0.952. The van der Waals surface area contributed by atoms with Gasteiger partial charge in [-0.1, -0.05) is 46.3 Å². The second-order valence-electron chi connectivity index (χ2n) is 20.3. The molecule has 13 nitrogen and oxygen atoms in total. The molecular formula is C42H72O13. The SMILES string of the molecule is CC(C)=CCC[C@@](C)(O)[C@@H]1CC[C@@]2(C)[C@@H]1[C@@H](O)C[C@@H]1[C@@]3(C)CC[C@@H](O)C(C)(C)[C@H]3[C@H](O[C@@H]3O[C@H](CO)[C@@H](O)[C@H](O)[C@H]3O[C@@H]3O[C@@H](C)[C@H](O)[C@@H](O)[C@H]3O)C[C@]12C. The topological polar surface area (TPSA) is 219 Å². The fourth-order valence-electron chi connectivity index (χ4n) is 13.3. The Balaban J connectivity index is 1.38. The number of allylic oxidation sites excluding steroid dienone is 2. The van der Waals surface area contributed by atoms with E-state index in [4.69, 9.17) is 18.9 Å². The highest BCUT2D eigenvalue weighted by atomic mass is 16.8. The van der Waals surface area contributed by atoms with Crippen molar-refractivity contribution < 1.29 is 64.9 Å². The number of rotatable bonds is 9. The van der Waals surface area contributed by atoms with Crippen LogP contribution in [0.1, 0.15) is 114 Å². The summed E-state index contributed by atoms with van der Waals surface area (Å²) in [5.41, 5.74) is -1.71.